The number of aryl methyl sites for hydroxylation is 1. The van der Waals surface area contributed by atoms with Crippen LogP contribution in [-0.4, -0.2) is 33.9 Å². The average Bonchev–Trinajstić information content (AvgIpc) is 2.81. The highest BCUT2D eigenvalue weighted by molar-refractivity contribution is 5.92. The first kappa shape index (κ1) is 16.0. The van der Waals surface area contributed by atoms with Crippen molar-refractivity contribution in [3.63, 3.8) is 0 Å². The second-order valence-corrected chi connectivity index (χ2v) is 5.03. The molecule has 0 radical (unpaired) electrons. The number of rotatable bonds is 6. The Balaban J connectivity index is 2.16. The van der Waals surface area contributed by atoms with E-state index in [0.29, 0.717) is 13.0 Å². The molecule has 1 heterocycles. The maximum Gasteiger partial charge on any atom is 0.244 e. The van der Waals surface area contributed by atoms with Gasteiger partial charge in [-0.1, -0.05) is 18.2 Å². The van der Waals surface area contributed by atoms with Gasteiger partial charge in [-0.2, -0.15) is 5.10 Å². The summed E-state index contributed by atoms with van der Waals surface area (Å²) in [5, 5.41) is 15.9. The van der Waals surface area contributed by atoms with Crippen molar-refractivity contribution in [2.24, 2.45) is 0 Å². The van der Waals surface area contributed by atoms with Gasteiger partial charge in [0, 0.05) is 30.5 Å². The van der Waals surface area contributed by atoms with E-state index in [-0.39, 0.29) is 12.5 Å². The molecule has 0 saturated carbocycles. The lowest BCUT2D eigenvalue weighted by molar-refractivity contribution is -0.116. The van der Waals surface area contributed by atoms with Gasteiger partial charge in [-0.15, -0.1) is 0 Å². The molecule has 1 aromatic heterocycles. The third-order valence-electron chi connectivity index (χ3n) is 3.38. The lowest BCUT2D eigenvalue weighted by Crippen LogP contribution is -2.22. The molecule has 0 bridgehead atoms. The lowest BCUT2D eigenvalue weighted by Gasteiger charge is -2.03. The smallest absolute Gasteiger partial charge is 0.244 e. The third kappa shape index (κ3) is 3.83. The highest BCUT2D eigenvalue weighted by Crippen LogP contribution is 2.18. The predicted octanol–water partition coefficient (Wildman–Crippen LogP) is 2.00. The van der Waals surface area contributed by atoms with Crippen molar-refractivity contribution >= 4 is 12.0 Å². The topological polar surface area (TPSA) is 67.2 Å². The zero-order valence-electron chi connectivity index (χ0n) is 12.9. The number of benzene rings is 1. The molecule has 0 fully saturated rings. The molecule has 0 saturated heterocycles. The number of amides is 1. The third-order valence-corrected chi connectivity index (χ3v) is 3.38. The van der Waals surface area contributed by atoms with Gasteiger partial charge in [-0.05, 0) is 38.5 Å². The molecule has 22 heavy (non-hydrogen) atoms. The molecule has 0 atom stereocenters. The van der Waals surface area contributed by atoms with E-state index >= 15 is 0 Å². The van der Waals surface area contributed by atoms with E-state index in [1.54, 1.807) is 6.08 Å². The first-order valence-electron chi connectivity index (χ1n) is 7.32. The van der Waals surface area contributed by atoms with Crippen LogP contribution in [0, 0.1) is 13.8 Å². The van der Waals surface area contributed by atoms with Gasteiger partial charge in [-0.3, -0.25) is 4.79 Å². The molecule has 5 nitrogen and oxygen atoms in total. The summed E-state index contributed by atoms with van der Waals surface area (Å²) >= 11 is 0. The second-order valence-electron chi connectivity index (χ2n) is 5.03. The Morgan fingerprint density at radius 3 is 2.73 bits per heavy atom. The number of nitrogens with one attached hydrogen (secondary N) is 1. The van der Waals surface area contributed by atoms with Gasteiger partial charge in [0.25, 0.3) is 0 Å². The van der Waals surface area contributed by atoms with E-state index < -0.39 is 0 Å². The van der Waals surface area contributed by atoms with Gasteiger partial charge in [-0.25, -0.2) is 4.68 Å². The number of aromatic nitrogens is 2. The van der Waals surface area contributed by atoms with Crippen LogP contribution >= 0.6 is 0 Å². The minimum Gasteiger partial charge on any atom is -0.396 e. The zero-order chi connectivity index (χ0) is 15.9. The molecular formula is C17H21N3O2. The summed E-state index contributed by atoms with van der Waals surface area (Å²) in [6.45, 7) is 4.46. The fourth-order valence-corrected chi connectivity index (χ4v) is 2.23. The maximum atomic E-state index is 11.7. The number of carbonyl (C=O) groups is 1. The van der Waals surface area contributed by atoms with Crippen LogP contribution in [0.2, 0.25) is 0 Å². The van der Waals surface area contributed by atoms with Crippen molar-refractivity contribution in [1.82, 2.24) is 15.1 Å². The average molecular weight is 299 g/mol. The van der Waals surface area contributed by atoms with Crippen molar-refractivity contribution in [1.29, 1.82) is 0 Å². The summed E-state index contributed by atoms with van der Waals surface area (Å²) < 4.78 is 1.87. The number of hydrogen-bond donors (Lipinski definition) is 2. The van der Waals surface area contributed by atoms with Crippen LogP contribution in [-0.2, 0) is 4.79 Å². The molecule has 116 valence electrons. The molecule has 5 heteroatoms. The largest absolute Gasteiger partial charge is 0.396 e. The Hall–Kier alpha value is -2.40. The van der Waals surface area contributed by atoms with Crippen molar-refractivity contribution in [3.05, 3.63) is 53.4 Å². The first-order valence-corrected chi connectivity index (χ1v) is 7.32. The standard InChI is InChI=1S/C17H21N3O2/c1-13-16(9-10-17(22)18-11-6-12-21)14(2)20(19-13)15-7-4-3-5-8-15/h3-5,7-10,21H,6,11-12H2,1-2H3,(H,18,22)/b10-9+. The van der Waals surface area contributed by atoms with Crippen molar-refractivity contribution < 1.29 is 9.90 Å². The van der Waals surface area contributed by atoms with E-state index in [1.165, 1.54) is 6.08 Å². The fourth-order valence-electron chi connectivity index (χ4n) is 2.23. The van der Waals surface area contributed by atoms with E-state index in [0.717, 1.165) is 22.6 Å². The second kappa shape index (κ2) is 7.56. The van der Waals surface area contributed by atoms with Crippen LogP contribution in [0.4, 0.5) is 0 Å². The van der Waals surface area contributed by atoms with Gasteiger partial charge in [0.1, 0.15) is 0 Å². The first-order chi connectivity index (χ1) is 10.6. The van der Waals surface area contributed by atoms with E-state index in [2.05, 4.69) is 10.4 Å². The number of aliphatic hydroxyl groups excluding tert-OH is 1. The van der Waals surface area contributed by atoms with Gasteiger partial charge >= 0.3 is 0 Å². The fraction of sp³-hybridized carbons (Fsp3) is 0.294. The van der Waals surface area contributed by atoms with Gasteiger partial charge in [0.05, 0.1) is 11.4 Å². The summed E-state index contributed by atoms with van der Waals surface area (Å²) in [7, 11) is 0. The normalized spacial score (nSPS) is 11.0. The Labute approximate surface area is 130 Å². The van der Waals surface area contributed by atoms with Crippen LogP contribution < -0.4 is 5.32 Å². The predicted molar refractivity (Wildman–Crippen MR) is 86.8 cm³/mol. The molecule has 0 unspecified atom stereocenters. The Morgan fingerprint density at radius 1 is 1.32 bits per heavy atom. The number of aliphatic hydroxyl groups is 1. The van der Waals surface area contributed by atoms with Gasteiger partial charge < -0.3 is 10.4 Å². The number of hydrogen-bond acceptors (Lipinski definition) is 3. The minimum absolute atomic E-state index is 0.0755. The summed E-state index contributed by atoms with van der Waals surface area (Å²) in [4.78, 5) is 11.7. The Kier molecular flexibility index (Phi) is 5.49. The molecule has 2 rings (SSSR count). The van der Waals surface area contributed by atoms with Crippen LogP contribution in [0.5, 0.6) is 0 Å². The summed E-state index contributed by atoms with van der Waals surface area (Å²) in [6, 6.07) is 9.89. The molecule has 2 aromatic rings. The van der Waals surface area contributed by atoms with Crippen LogP contribution in [0.3, 0.4) is 0 Å². The van der Waals surface area contributed by atoms with Gasteiger partial charge in [0.2, 0.25) is 5.91 Å². The molecule has 0 spiro atoms. The Morgan fingerprint density at radius 2 is 2.05 bits per heavy atom. The number of para-hydroxylation sites is 1. The van der Waals surface area contributed by atoms with Crippen molar-refractivity contribution in [2.75, 3.05) is 13.2 Å². The molecule has 0 aliphatic rings. The van der Waals surface area contributed by atoms with E-state index in [9.17, 15) is 4.79 Å². The van der Waals surface area contributed by atoms with Crippen molar-refractivity contribution in [2.45, 2.75) is 20.3 Å². The summed E-state index contributed by atoms with van der Waals surface area (Å²) in [6.07, 6.45) is 3.85. The van der Waals surface area contributed by atoms with E-state index in [1.807, 2.05) is 48.9 Å². The summed E-state index contributed by atoms with van der Waals surface area (Å²) in [5.41, 5.74) is 3.81. The SMILES string of the molecule is Cc1nn(-c2ccccc2)c(C)c1/C=C/C(=O)NCCCO. The quantitative estimate of drug-likeness (QED) is 0.633. The molecule has 0 aliphatic carbocycles. The van der Waals surface area contributed by atoms with Crippen molar-refractivity contribution in [3.8, 4) is 5.69 Å². The molecule has 2 N–H and O–H groups in total. The highest BCUT2D eigenvalue weighted by Gasteiger charge is 2.10. The molecule has 0 aliphatic heterocycles. The molecule has 1 aromatic carbocycles. The Bertz CT molecular complexity index is 660. The monoisotopic (exact) mass is 299 g/mol. The lowest BCUT2D eigenvalue weighted by atomic mass is 10.2. The highest BCUT2D eigenvalue weighted by atomic mass is 16.3. The zero-order valence-corrected chi connectivity index (χ0v) is 12.9. The van der Waals surface area contributed by atoms with Crippen LogP contribution in [0.15, 0.2) is 36.4 Å². The van der Waals surface area contributed by atoms with Gasteiger partial charge in [0.15, 0.2) is 0 Å². The summed E-state index contributed by atoms with van der Waals surface area (Å²) in [5.74, 6) is -0.167. The minimum atomic E-state index is -0.167. The van der Waals surface area contributed by atoms with E-state index in [4.69, 9.17) is 5.11 Å². The molecule has 1 amide bonds. The number of carbonyl (C=O) groups excluding carboxylic acids is 1. The molecular weight excluding hydrogens is 278 g/mol. The van der Waals surface area contributed by atoms with Crippen LogP contribution in [0.1, 0.15) is 23.4 Å². The maximum absolute atomic E-state index is 11.7. The number of nitrogens with zero attached hydrogens (tertiary/aromatic N) is 2. The van der Waals surface area contributed by atoms with Crippen LogP contribution in [0.25, 0.3) is 11.8 Å².